The molecule has 0 aliphatic carbocycles. The summed E-state index contributed by atoms with van der Waals surface area (Å²) in [6, 6.07) is 10.2. The van der Waals surface area contributed by atoms with Crippen LogP contribution in [0.5, 0.6) is 0 Å². The zero-order chi connectivity index (χ0) is 13.5. The number of rotatable bonds is 6. The van der Waals surface area contributed by atoms with Crippen molar-refractivity contribution in [3.8, 4) is 0 Å². The van der Waals surface area contributed by atoms with Gasteiger partial charge in [0.25, 0.3) is 0 Å². The number of aliphatic hydroxyl groups excluding tert-OH is 1. The number of aliphatic hydroxyl groups is 1. The molecule has 0 aliphatic rings. The second-order valence-corrected chi connectivity index (χ2v) is 4.28. The van der Waals surface area contributed by atoms with Gasteiger partial charge in [-0.2, -0.15) is 0 Å². The monoisotopic (exact) mass is 258 g/mol. The van der Waals surface area contributed by atoms with E-state index >= 15 is 0 Å². The quantitative estimate of drug-likeness (QED) is 0.737. The van der Waals surface area contributed by atoms with E-state index < -0.39 is 0 Å². The van der Waals surface area contributed by atoms with Crippen LogP contribution in [0, 0.1) is 6.92 Å². The van der Waals surface area contributed by atoms with Crippen LogP contribution in [0.3, 0.4) is 0 Å². The molecular weight excluding hydrogens is 240 g/mol. The van der Waals surface area contributed by atoms with Crippen LogP contribution < -0.4 is 10.6 Å². The predicted molar refractivity (Wildman–Crippen MR) is 76.1 cm³/mol. The summed E-state index contributed by atoms with van der Waals surface area (Å²) in [6.45, 7) is 3.35. The lowest BCUT2D eigenvalue weighted by Crippen LogP contribution is -2.08. The summed E-state index contributed by atoms with van der Waals surface area (Å²) in [5.41, 5.74) is 2.45. The van der Waals surface area contributed by atoms with E-state index in [1.54, 1.807) is 0 Å². The van der Waals surface area contributed by atoms with E-state index in [1.165, 1.54) is 17.5 Å². The van der Waals surface area contributed by atoms with Gasteiger partial charge < -0.3 is 15.7 Å². The smallest absolute Gasteiger partial charge is 0.131 e. The highest BCUT2D eigenvalue weighted by Gasteiger charge is 1.98. The van der Waals surface area contributed by atoms with E-state index in [0.717, 1.165) is 12.4 Å². The molecule has 3 N–H and O–H groups in total. The first-order chi connectivity index (χ1) is 9.28. The second-order valence-electron chi connectivity index (χ2n) is 4.28. The van der Waals surface area contributed by atoms with Gasteiger partial charge in [-0.15, -0.1) is 0 Å². The third-order valence-electron chi connectivity index (χ3n) is 2.68. The molecular formula is C14H18N4O. The van der Waals surface area contributed by atoms with Crippen molar-refractivity contribution in [1.29, 1.82) is 0 Å². The van der Waals surface area contributed by atoms with Crippen molar-refractivity contribution in [2.24, 2.45) is 0 Å². The van der Waals surface area contributed by atoms with Gasteiger partial charge in [0, 0.05) is 19.2 Å². The lowest BCUT2D eigenvalue weighted by Gasteiger charge is -2.08. The minimum absolute atomic E-state index is 0.0795. The van der Waals surface area contributed by atoms with Gasteiger partial charge in [-0.3, -0.25) is 0 Å². The minimum Gasteiger partial charge on any atom is -0.395 e. The summed E-state index contributed by atoms with van der Waals surface area (Å²) >= 11 is 0. The molecule has 0 saturated heterocycles. The molecule has 5 nitrogen and oxygen atoms in total. The first-order valence-corrected chi connectivity index (χ1v) is 6.24. The number of aromatic nitrogens is 2. The molecule has 0 fully saturated rings. The minimum atomic E-state index is 0.0795. The zero-order valence-corrected chi connectivity index (χ0v) is 10.9. The van der Waals surface area contributed by atoms with Gasteiger partial charge in [0.15, 0.2) is 0 Å². The SMILES string of the molecule is Cc1ccc(CNc2cc(NCCO)ncn2)cc1. The maximum atomic E-state index is 8.75. The Bertz CT molecular complexity index is 513. The Morgan fingerprint density at radius 1 is 1.05 bits per heavy atom. The molecule has 0 amide bonds. The third-order valence-corrected chi connectivity index (χ3v) is 2.68. The normalized spacial score (nSPS) is 10.2. The number of nitrogens with one attached hydrogen (secondary N) is 2. The fourth-order valence-electron chi connectivity index (χ4n) is 1.63. The van der Waals surface area contributed by atoms with Crippen LogP contribution in [0.2, 0.25) is 0 Å². The van der Waals surface area contributed by atoms with E-state index in [1.807, 2.05) is 6.07 Å². The molecule has 2 rings (SSSR count). The highest BCUT2D eigenvalue weighted by Crippen LogP contribution is 2.10. The Balaban J connectivity index is 1.93. The molecule has 0 saturated carbocycles. The molecule has 0 aliphatic heterocycles. The Hall–Kier alpha value is -2.14. The van der Waals surface area contributed by atoms with Crippen LogP contribution in [-0.4, -0.2) is 28.2 Å². The summed E-state index contributed by atoms with van der Waals surface area (Å²) in [5, 5.41) is 15.0. The number of aryl methyl sites for hydroxylation is 1. The van der Waals surface area contributed by atoms with E-state index in [-0.39, 0.29) is 6.61 Å². The van der Waals surface area contributed by atoms with Crippen LogP contribution in [0.25, 0.3) is 0 Å². The molecule has 1 aromatic heterocycles. The average Bonchev–Trinajstić information content (AvgIpc) is 2.45. The number of nitrogens with zero attached hydrogens (tertiary/aromatic N) is 2. The topological polar surface area (TPSA) is 70.1 Å². The fourth-order valence-corrected chi connectivity index (χ4v) is 1.63. The van der Waals surface area contributed by atoms with Gasteiger partial charge in [0.2, 0.25) is 0 Å². The highest BCUT2D eigenvalue weighted by molar-refractivity contribution is 5.46. The van der Waals surface area contributed by atoms with Crippen molar-refractivity contribution in [2.75, 3.05) is 23.8 Å². The molecule has 0 bridgehead atoms. The Morgan fingerprint density at radius 2 is 1.74 bits per heavy atom. The Labute approximate surface area is 112 Å². The predicted octanol–water partition coefficient (Wildman–Crippen LogP) is 1.80. The fraction of sp³-hybridized carbons (Fsp3) is 0.286. The molecule has 1 aromatic carbocycles. The van der Waals surface area contributed by atoms with E-state index in [4.69, 9.17) is 5.11 Å². The van der Waals surface area contributed by atoms with Crippen molar-refractivity contribution in [3.05, 3.63) is 47.8 Å². The highest BCUT2D eigenvalue weighted by atomic mass is 16.3. The van der Waals surface area contributed by atoms with Crippen molar-refractivity contribution in [2.45, 2.75) is 13.5 Å². The van der Waals surface area contributed by atoms with Crippen LogP contribution in [0.15, 0.2) is 36.7 Å². The number of anilines is 2. The molecule has 0 radical (unpaired) electrons. The molecule has 0 unspecified atom stereocenters. The Morgan fingerprint density at radius 3 is 2.42 bits per heavy atom. The van der Waals surface area contributed by atoms with Gasteiger partial charge >= 0.3 is 0 Å². The molecule has 1 heterocycles. The van der Waals surface area contributed by atoms with Gasteiger partial charge in [-0.25, -0.2) is 9.97 Å². The summed E-state index contributed by atoms with van der Waals surface area (Å²) in [5.74, 6) is 1.46. The van der Waals surface area contributed by atoms with Crippen molar-refractivity contribution in [1.82, 2.24) is 9.97 Å². The van der Waals surface area contributed by atoms with E-state index in [0.29, 0.717) is 12.4 Å². The van der Waals surface area contributed by atoms with Crippen LogP contribution >= 0.6 is 0 Å². The maximum Gasteiger partial charge on any atom is 0.131 e. The zero-order valence-electron chi connectivity index (χ0n) is 10.9. The molecule has 5 heteroatoms. The van der Waals surface area contributed by atoms with Crippen molar-refractivity contribution >= 4 is 11.6 Å². The number of benzene rings is 1. The lowest BCUT2D eigenvalue weighted by molar-refractivity contribution is 0.311. The van der Waals surface area contributed by atoms with Crippen LogP contribution in [-0.2, 0) is 6.54 Å². The third kappa shape index (κ3) is 4.22. The van der Waals surface area contributed by atoms with Crippen LogP contribution in [0.4, 0.5) is 11.6 Å². The maximum absolute atomic E-state index is 8.75. The molecule has 100 valence electrons. The van der Waals surface area contributed by atoms with E-state index in [2.05, 4.69) is 51.8 Å². The summed E-state index contributed by atoms with van der Waals surface area (Å²) in [6.07, 6.45) is 1.50. The largest absolute Gasteiger partial charge is 0.395 e. The summed E-state index contributed by atoms with van der Waals surface area (Å²) < 4.78 is 0. The van der Waals surface area contributed by atoms with E-state index in [9.17, 15) is 0 Å². The Kier molecular flexibility index (Phi) is 4.69. The second kappa shape index (κ2) is 6.70. The average molecular weight is 258 g/mol. The molecule has 19 heavy (non-hydrogen) atoms. The summed E-state index contributed by atoms with van der Waals surface area (Å²) in [7, 11) is 0. The van der Waals surface area contributed by atoms with Crippen LogP contribution in [0.1, 0.15) is 11.1 Å². The van der Waals surface area contributed by atoms with Crippen molar-refractivity contribution in [3.63, 3.8) is 0 Å². The van der Waals surface area contributed by atoms with Crippen molar-refractivity contribution < 1.29 is 5.11 Å². The number of hydrogen-bond acceptors (Lipinski definition) is 5. The number of hydrogen-bond donors (Lipinski definition) is 3. The first kappa shape index (κ1) is 13.3. The summed E-state index contributed by atoms with van der Waals surface area (Å²) in [4.78, 5) is 8.23. The lowest BCUT2D eigenvalue weighted by atomic mass is 10.1. The standard InChI is InChI=1S/C14H18N4O/c1-11-2-4-12(5-3-11)9-16-14-8-13(15-6-7-19)17-10-18-14/h2-5,8,10,19H,6-7,9H2,1H3,(H2,15,16,17,18). The molecule has 0 atom stereocenters. The van der Waals surface area contributed by atoms with Gasteiger partial charge in [0.1, 0.15) is 18.0 Å². The van der Waals surface area contributed by atoms with Gasteiger partial charge in [-0.1, -0.05) is 29.8 Å². The first-order valence-electron chi connectivity index (χ1n) is 6.24. The van der Waals surface area contributed by atoms with Gasteiger partial charge in [0.05, 0.1) is 6.61 Å². The van der Waals surface area contributed by atoms with Gasteiger partial charge in [-0.05, 0) is 12.5 Å². The molecule has 2 aromatic rings. The molecule has 0 spiro atoms.